The lowest BCUT2D eigenvalue weighted by molar-refractivity contribution is 0.660. The summed E-state index contributed by atoms with van der Waals surface area (Å²) in [5, 5.41) is 4.80. The predicted molar refractivity (Wildman–Crippen MR) is 273 cm³/mol. The highest BCUT2D eigenvalue weighted by atomic mass is 14.9. The highest BCUT2D eigenvalue weighted by Crippen LogP contribution is 2.53. The van der Waals surface area contributed by atoms with Crippen molar-refractivity contribution < 1.29 is 0 Å². The smallest absolute Gasteiger partial charge is 0.160 e. The molecule has 1 aliphatic rings. The van der Waals surface area contributed by atoms with Crippen molar-refractivity contribution >= 4 is 21.5 Å². The molecule has 0 radical (unpaired) electrons. The van der Waals surface area contributed by atoms with Gasteiger partial charge >= 0.3 is 0 Å². The van der Waals surface area contributed by atoms with Crippen LogP contribution in [0.5, 0.6) is 0 Å². The molecule has 2 heteroatoms. The lowest BCUT2D eigenvalue weighted by atomic mass is 9.81. The number of hydrogen-bond donors (Lipinski definition) is 0. The first kappa shape index (κ1) is 38.5. The number of hydrogen-bond acceptors (Lipinski definition) is 2. The van der Waals surface area contributed by atoms with E-state index in [1.54, 1.807) is 0 Å². The Morgan fingerprint density at radius 2 is 0.723 bits per heavy atom. The molecular formula is C63H44N2. The van der Waals surface area contributed by atoms with Gasteiger partial charge in [0.1, 0.15) is 0 Å². The van der Waals surface area contributed by atoms with E-state index < -0.39 is 0 Å². The van der Waals surface area contributed by atoms with Crippen molar-refractivity contribution in [1.82, 2.24) is 9.97 Å². The van der Waals surface area contributed by atoms with Crippen LogP contribution in [0.3, 0.4) is 0 Å². The van der Waals surface area contributed by atoms with Crippen molar-refractivity contribution in [1.29, 1.82) is 0 Å². The molecule has 0 spiro atoms. The number of fused-ring (bicyclic) bond motifs is 5. The van der Waals surface area contributed by atoms with Gasteiger partial charge in [-0.05, 0) is 100 Å². The van der Waals surface area contributed by atoms with Gasteiger partial charge in [-0.15, -0.1) is 0 Å². The Hall–Kier alpha value is -8.20. The predicted octanol–water partition coefficient (Wildman–Crippen LogP) is 16.8. The van der Waals surface area contributed by atoms with Crippen molar-refractivity contribution in [2.45, 2.75) is 19.3 Å². The van der Waals surface area contributed by atoms with Gasteiger partial charge in [-0.2, -0.15) is 0 Å². The fraction of sp³-hybridized carbons (Fsp3) is 0.0476. The van der Waals surface area contributed by atoms with Gasteiger partial charge in [-0.1, -0.05) is 232 Å². The maximum absolute atomic E-state index is 5.34. The monoisotopic (exact) mass is 828 g/mol. The molecule has 12 rings (SSSR count). The van der Waals surface area contributed by atoms with Crippen LogP contribution < -0.4 is 0 Å². The van der Waals surface area contributed by atoms with Gasteiger partial charge in [0, 0.05) is 22.1 Å². The minimum atomic E-state index is -0.0667. The first-order valence-electron chi connectivity index (χ1n) is 22.5. The molecule has 11 aromatic rings. The molecule has 0 saturated carbocycles. The Balaban J connectivity index is 1.02. The van der Waals surface area contributed by atoms with Crippen LogP contribution in [0, 0.1) is 0 Å². The highest BCUT2D eigenvalue weighted by molar-refractivity contribution is 6.13. The van der Waals surface area contributed by atoms with Crippen molar-refractivity contribution in [3.63, 3.8) is 0 Å². The third kappa shape index (κ3) is 6.49. The molecule has 1 aromatic heterocycles. The third-order valence-corrected chi connectivity index (χ3v) is 13.6. The number of nitrogens with zero attached hydrogens (tertiary/aromatic N) is 2. The Labute approximate surface area is 380 Å². The molecule has 65 heavy (non-hydrogen) atoms. The summed E-state index contributed by atoms with van der Waals surface area (Å²) in [5.74, 6) is 0.694. The molecule has 306 valence electrons. The second-order valence-corrected chi connectivity index (χ2v) is 17.6. The molecule has 10 aromatic carbocycles. The van der Waals surface area contributed by atoms with E-state index in [9.17, 15) is 0 Å². The van der Waals surface area contributed by atoms with E-state index in [1.165, 1.54) is 71.8 Å². The second kappa shape index (κ2) is 15.6. The quantitative estimate of drug-likeness (QED) is 0.160. The van der Waals surface area contributed by atoms with E-state index in [-0.39, 0.29) is 5.41 Å². The fourth-order valence-electron chi connectivity index (χ4n) is 10.4. The van der Waals surface area contributed by atoms with Crippen molar-refractivity contribution in [2.24, 2.45) is 0 Å². The molecule has 0 bridgehead atoms. The highest BCUT2D eigenvalue weighted by Gasteiger charge is 2.36. The minimum Gasteiger partial charge on any atom is -0.228 e. The molecular weight excluding hydrogens is 785 g/mol. The van der Waals surface area contributed by atoms with Gasteiger partial charge in [0.05, 0.1) is 11.4 Å². The van der Waals surface area contributed by atoms with E-state index in [0.29, 0.717) is 5.82 Å². The van der Waals surface area contributed by atoms with Crippen LogP contribution in [0.25, 0.3) is 111 Å². The van der Waals surface area contributed by atoms with Gasteiger partial charge in [0.15, 0.2) is 5.82 Å². The molecule has 0 amide bonds. The zero-order valence-corrected chi connectivity index (χ0v) is 36.3. The Morgan fingerprint density at radius 3 is 1.35 bits per heavy atom. The van der Waals surface area contributed by atoms with Crippen LogP contribution in [-0.2, 0) is 5.41 Å². The maximum Gasteiger partial charge on any atom is 0.160 e. The van der Waals surface area contributed by atoms with Crippen molar-refractivity contribution in [3.05, 3.63) is 242 Å². The molecule has 1 aliphatic carbocycles. The van der Waals surface area contributed by atoms with Crippen molar-refractivity contribution in [3.8, 4) is 89.5 Å². The van der Waals surface area contributed by atoms with Crippen LogP contribution in [-0.4, -0.2) is 9.97 Å². The van der Waals surface area contributed by atoms with Crippen LogP contribution in [0.4, 0.5) is 0 Å². The number of benzene rings is 10. The summed E-state index contributed by atoms with van der Waals surface area (Å²) in [5.41, 5.74) is 19.8. The zero-order valence-electron chi connectivity index (χ0n) is 36.3. The Bertz CT molecular complexity index is 3610. The average Bonchev–Trinajstić information content (AvgIpc) is 3.62. The van der Waals surface area contributed by atoms with E-state index in [2.05, 4.69) is 238 Å². The molecule has 0 aliphatic heterocycles. The average molecular weight is 829 g/mol. The standard InChI is InChI=1S/C63H44N2/c1-63(2)57-31-17-16-29-55(57)61-54(30-18-32-58(61)63)52-36-35-50(46-25-12-13-26-47(46)52)51-37-38-53(49-28-15-14-27-48(49)51)60-40-59(64-62(65-60)43-23-10-5-11-24-43)44-33-34-45(41-19-6-3-7-20-41)56(39-44)42-21-8-4-9-22-42/h3-40H,1-2H3. The second-order valence-electron chi connectivity index (χ2n) is 17.6. The number of aromatic nitrogens is 2. The maximum atomic E-state index is 5.34. The van der Waals surface area contributed by atoms with Gasteiger partial charge < -0.3 is 0 Å². The van der Waals surface area contributed by atoms with Crippen LogP contribution in [0.2, 0.25) is 0 Å². The number of rotatable bonds is 7. The first-order chi connectivity index (χ1) is 32.0. The Morgan fingerprint density at radius 1 is 0.277 bits per heavy atom. The SMILES string of the molecule is CC1(C)c2ccccc2-c2c(-c3ccc(-c4ccc(-c5cc(-c6ccc(-c7ccccc7)c(-c7ccccc7)c6)nc(-c6ccccc6)n5)c5ccccc45)c4ccccc34)cccc21. The Kier molecular flexibility index (Phi) is 9.21. The summed E-state index contributed by atoms with van der Waals surface area (Å²) in [6.07, 6.45) is 0. The first-order valence-corrected chi connectivity index (χ1v) is 22.5. The van der Waals surface area contributed by atoms with Gasteiger partial charge in [-0.3, -0.25) is 0 Å². The van der Waals surface area contributed by atoms with E-state index in [0.717, 1.165) is 44.6 Å². The lowest BCUT2D eigenvalue weighted by Gasteiger charge is -2.22. The molecule has 0 atom stereocenters. The summed E-state index contributed by atoms with van der Waals surface area (Å²) < 4.78 is 0. The topological polar surface area (TPSA) is 25.8 Å². The third-order valence-electron chi connectivity index (χ3n) is 13.6. The lowest BCUT2D eigenvalue weighted by Crippen LogP contribution is -2.14. The van der Waals surface area contributed by atoms with Crippen LogP contribution in [0.15, 0.2) is 231 Å². The summed E-state index contributed by atoms with van der Waals surface area (Å²) in [4.78, 5) is 10.6. The normalized spacial score (nSPS) is 12.6. The zero-order chi connectivity index (χ0) is 43.5. The van der Waals surface area contributed by atoms with Crippen LogP contribution in [0.1, 0.15) is 25.0 Å². The molecule has 1 heterocycles. The van der Waals surface area contributed by atoms with E-state index in [4.69, 9.17) is 9.97 Å². The van der Waals surface area contributed by atoms with E-state index >= 15 is 0 Å². The summed E-state index contributed by atoms with van der Waals surface area (Å²) in [6, 6.07) is 83.3. The molecule has 0 unspecified atom stereocenters. The fourth-order valence-corrected chi connectivity index (χ4v) is 10.4. The van der Waals surface area contributed by atoms with Gasteiger partial charge in [0.25, 0.3) is 0 Å². The summed E-state index contributed by atoms with van der Waals surface area (Å²) >= 11 is 0. The van der Waals surface area contributed by atoms with E-state index in [1.807, 2.05) is 6.07 Å². The van der Waals surface area contributed by atoms with Crippen molar-refractivity contribution in [2.75, 3.05) is 0 Å². The minimum absolute atomic E-state index is 0.0667. The largest absolute Gasteiger partial charge is 0.228 e. The van der Waals surface area contributed by atoms with Crippen LogP contribution >= 0.6 is 0 Å². The van der Waals surface area contributed by atoms with Gasteiger partial charge in [-0.25, -0.2) is 9.97 Å². The molecule has 0 N–H and O–H groups in total. The molecule has 2 nitrogen and oxygen atoms in total. The summed E-state index contributed by atoms with van der Waals surface area (Å²) in [7, 11) is 0. The van der Waals surface area contributed by atoms with Gasteiger partial charge in [0.2, 0.25) is 0 Å². The summed E-state index contributed by atoms with van der Waals surface area (Å²) in [6.45, 7) is 4.71. The molecule has 0 saturated heterocycles. The molecule has 0 fully saturated rings.